The van der Waals surface area contributed by atoms with Gasteiger partial charge in [-0.3, -0.25) is 10.1 Å². The number of oxime groups is 1. The van der Waals surface area contributed by atoms with Crippen molar-refractivity contribution in [1.29, 1.82) is 0 Å². The zero-order chi connectivity index (χ0) is 13.8. The molecule has 0 heterocycles. The van der Waals surface area contributed by atoms with Crippen LogP contribution in [-0.4, -0.2) is 23.0 Å². The maximum atomic E-state index is 11.1. The van der Waals surface area contributed by atoms with Crippen molar-refractivity contribution in [2.24, 2.45) is 5.16 Å². The van der Waals surface area contributed by atoms with Crippen molar-refractivity contribution < 1.29 is 9.76 Å². The van der Waals surface area contributed by atoms with Gasteiger partial charge in [-0.2, -0.15) is 0 Å². The molecule has 0 fully saturated rings. The van der Waals surface area contributed by atoms with Gasteiger partial charge in [0.25, 0.3) is 5.69 Å². The second-order valence-corrected chi connectivity index (χ2v) is 6.48. The lowest BCUT2D eigenvalue weighted by Gasteiger charge is -2.17. The summed E-state index contributed by atoms with van der Waals surface area (Å²) >= 11 is 1.47. The minimum atomic E-state index is -0.377. The first-order valence-corrected chi connectivity index (χ1v) is 6.19. The number of nitro groups is 1. The van der Waals surface area contributed by atoms with Gasteiger partial charge in [-0.15, -0.1) is 11.8 Å². The average molecular weight is 268 g/mol. The average Bonchev–Trinajstić information content (AvgIpc) is 2.25. The van der Waals surface area contributed by atoms with Gasteiger partial charge in [-0.25, -0.2) is 0 Å². The van der Waals surface area contributed by atoms with Crippen molar-refractivity contribution in [2.75, 3.05) is 7.11 Å². The van der Waals surface area contributed by atoms with Gasteiger partial charge in [0.05, 0.1) is 16.0 Å². The van der Waals surface area contributed by atoms with Crippen molar-refractivity contribution in [1.82, 2.24) is 0 Å². The summed E-state index contributed by atoms with van der Waals surface area (Å²) in [5.74, 6) is 0. The molecule has 0 atom stereocenters. The van der Waals surface area contributed by atoms with Crippen LogP contribution in [0.1, 0.15) is 26.3 Å². The number of rotatable bonds is 4. The number of nitro benzene ring substituents is 1. The quantitative estimate of drug-likeness (QED) is 0.363. The summed E-state index contributed by atoms with van der Waals surface area (Å²) < 4.78 is -0.0765. The fraction of sp³-hybridized carbons (Fsp3) is 0.417. The van der Waals surface area contributed by atoms with E-state index in [1.807, 2.05) is 20.8 Å². The van der Waals surface area contributed by atoms with Crippen molar-refractivity contribution in [2.45, 2.75) is 30.4 Å². The van der Waals surface area contributed by atoms with Crippen LogP contribution in [0, 0.1) is 10.1 Å². The van der Waals surface area contributed by atoms with E-state index in [-0.39, 0.29) is 15.4 Å². The van der Waals surface area contributed by atoms with Gasteiger partial charge in [-0.1, -0.05) is 32.0 Å². The molecule has 6 heteroatoms. The van der Waals surface area contributed by atoms with E-state index in [2.05, 4.69) is 9.99 Å². The largest absolute Gasteiger partial charge is 0.399 e. The van der Waals surface area contributed by atoms with Crippen LogP contribution in [-0.2, 0) is 4.84 Å². The predicted octanol–water partition coefficient (Wildman–Crippen LogP) is 3.47. The molecule has 1 aromatic rings. The van der Waals surface area contributed by atoms with Gasteiger partial charge in [0.2, 0.25) is 0 Å². The minimum Gasteiger partial charge on any atom is -0.399 e. The highest BCUT2D eigenvalue weighted by molar-refractivity contribution is 8.00. The molecule has 18 heavy (non-hydrogen) atoms. The summed E-state index contributed by atoms with van der Waals surface area (Å²) in [5.41, 5.74) is 0.733. The Hall–Kier alpha value is -1.56. The maximum absolute atomic E-state index is 11.1. The Morgan fingerprint density at radius 1 is 1.44 bits per heavy atom. The second kappa shape index (κ2) is 5.86. The van der Waals surface area contributed by atoms with Crippen LogP contribution >= 0.6 is 11.8 Å². The van der Waals surface area contributed by atoms with E-state index < -0.39 is 0 Å². The van der Waals surface area contributed by atoms with Crippen molar-refractivity contribution in [3.8, 4) is 0 Å². The van der Waals surface area contributed by atoms with Crippen LogP contribution in [0.4, 0.5) is 5.69 Å². The lowest BCUT2D eigenvalue weighted by atomic mass is 10.2. The topological polar surface area (TPSA) is 64.7 Å². The number of hydrogen-bond acceptors (Lipinski definition) is 5. The van der Waals surface area contributed by atoms with Gasteiger partial charge in [0, 0.05) is 16.4 Å². The molecule has 0 amide bonds. The van der Waals surface area contributed by atoms with E-state index in [4.69, 9.17) is 0 Å². The Kier molecular flexibility index (Phi) is 4.72. The number of thioether (sulfide) groups is 1. The first-order chi connectivity index (χ1) is 8.33. The van der Waals surface area contributed by atoms with Crippen molar-refractivity contribution in [3.05, 3.63) is 33.9 Å². The van der Waals surface area contributed by atoms with Crippen molar-refractivity contribution >= 4 is 23.7 Å². The Labute approximate surface area is 110 Å². The van der Waals surface area contributed by atoms with E-state index in [1.54, 1.807) is 12.1 Å². The third kappa shape index (κ3) is 4.37. The van der Waals surface area contributed by atoms with Gasteiger partial charge < -0.3 is 4.84 Å². The summed E-state index contributed by atoms with van der Waals surface area (Å²) in [7, 11) is 1.43. The Morgan fingerprint density at radius 2 is 2.11 bits per heavy atom. The molecule has 1 aromatic carbocycles. The first kappa shape index (κ1) is 14.5. The van der Waals surface area contributed by atoms with E-state index >= 15 is 0 Å². The van der Waals surface area contributed by atoms with Crippen molar-refractivity contribution in [3.63, 3.8) is 0 Å². The third-order valence-corrected chi connectivity index (χ3v) is 3.08. The van der Waals surface area contributed by atoms with E-state index in [0.29, 0.717) is 10.5 Å². The Balaban J connectivity index is 3.12. The molecule has 0 saturated heterocycles. The van der Waals surface area contributed by atoms with Crippen LogP contribution in [0.3, 0.4) is 0 Å². The second-order valence-electron chi connectivity index (χ2n) is 4.62. The fourth-order valence-electron chi connectivity index (χ4n) is 1.29. The molecule has 0 radical (unpaired) electrons. The summed E-state index contributed by atoms with van der Waals surface area (Å²) in [5, 5.41) is 14.6. The molecule has 0 aliphatic heterocycles. The standard InChI is InChI=1S/C12H16N2O3S/c1-12(2,3)18-11-6-5-9(8-13-17-4)7-10(11)14(15)16/h5-8H,1-4H3/b13-8+. The molecule has 0 aliphatic rings. The molecule has 0 bridgehead atoms. The van der Waals surface area contributed by atoms with Crippen LogP contribution in [0.15, 0.2) is 28.3 Å². The molecule has 98 valence electrons. The van der Waals surface area contributed by atoms with Gasteiger partial charge in [0.15, 0.2) is 0 Å². The van der Waals surface area contributed by atoms with Gasteiger partial charge in [-0.05, 0) is 6.07 Å². The molecule has 0 spiro atoms. The van der Waals surface area contributed by atoms with E-state index in [0.717, 1.165) is 0 Å². The highest BCUT2D eigenvalue weighted by Crippen LogP contribution is 2.37. The van der Waals surface area contributed by atoms with E-state index in [9.17, 15) is 10.1 Å². The molecule has 0 N–H and O–H groups in total. The predicted molar refractivity (Wildman–Crippen MR) is 73.3 cm³/mol. The number of nitrogens with zero attached hydrogens (tertiary/aromatic N) is 2. The van der Waals surface area contributed by atoms with Gasteiger partial charge in [0.1, 0.15) is 7.11 Å². The molecule has 0 aromatic heterocycles. The summed E-state index contributed by atoms with van der Waals surface area (Å²) in [4.78, 5) is 15.9. The summed E-state index contributed by atoms with van der Waals surface area (Å²) in [6, 6.07) is 5.02. The number of benzene rings is 1. The van der Waals surface area contributed by atoms with Crippen LogP contribution in [0.2, 0.25) is 0 Å². The van der Waals surface area contributed by atoms with Crippen LogP contribution in [0.25, 0.3) is 0 Å². The van der Waals surface area contributed by atoms with Gasteiger partial charge >= 0.3 is 0 Å². The lowest BCUT2D eigenvalue weighted by Crippen LogP contribution is -2.07. The molecule has 0 unspecified atom stereocenters. The molecule has 0 aliphatic carbocycles. The monoisotopic (exact) mass is 268 g/mol. The Morgan fingerprint density at radius 3 is 2.61 bits per heavy atom. The smallest absolute Gasteiger partial charge is 0.283 e. The third-order valence-electron chi connectivity index (χ3n) is 1.90. The summed E-state index contributed by atoms with van der Waals surface area (Å²) in [6.07, 6.45) is 1.44. The zero-order valence-corrected chi connectivity index (χ0v) is 11.7. The molecular formula is C12H16N2O3S. The Bertz CT molecular complexity index is 467. The highest BCUT2D eigenvalue weighted by atomic mass is 32.2. The minimum absolute atomic E-state index is 0.0765. The number of hydrogen-bond donors (Lipinski definition) is 0. The van der Waals surface area contributed by atoms with Crippen LogP contribution < -0.4 is 0 Å². The summed E-state index contributed by atoms with van der Waals surface area (Å²) in [6.45, 7) is 6.05. The highest BCUT2D eigenvalue weighted by Gasteiger charge is 2.20. The normalized spacial score (nSPS) is 11.8. The first-order valence-electron chi connectivity index (χ1n) is 5.37. The lowest BCUT2D eigenvalue weighted by molar-refractivity contribution is -0.387. The molecule has 5 nitrogen and oxygen atoms in total. The molecule has 0 saturated carbocycles. The fourth-order valence-corrected chi connectivity index (χ4v) is 2.32. The SMILES string of the molecule is CO/N=C/c1ccc(SC(C)(C)C)c([N+](=O)[O-])c1. The van der Waals surface area contributed by atoms with E-state index in [1.165, 1.54) is 31.2 Å². The van der Waals surface area contributed by atoms with Crippen LogP contribution in [0.5, 0.6) is 0 Å². The maximum Gasteiger partial charge on any atom is 0.283 e. The molecule has 1 rings (SSSR count). The zero-order valence-electron chi connectivity index (χ0n) is 10.8. The molecular weight excluding hydrogens is 252 g/mol.